The number of carbonyl (C=O) groups excluding carboxylic acids is 1. The van der Waals surface area contributed by atoms with Gasteiger partial charge in [-0.2, -0.15) is 0 Å². The molecule has 0 aliphatic heterocycles. The number of rotatable bonds is 6. The number of benzene rings is 2. The summed E-state index contributed by atoms with van der Waals surface area (Å²) in [7, 11) is 0. The molecule has 1 heterocycles. The lowest BCUT2D eigenvalue weighted by molar-refractivity contribution is -0.149. The molecule has 168 valence electrons. The van der Waals surface area contributed by atoms with Gasteiger partial charge in [0.2, 0.25) is 0 Å². The molecule has 0 saturated heterocycles. The molecule has 0 spiro atoms. The molecule has 0 radical (unpaired) electrons. The fourth-order valence-electron chi connectivity index (χ4n) is 4.78. The lowest BCUT2D eigenvalue weighted by Gasteiger charge is -2.27. The molecule has 0 unspecified atom stereocenters. The average Bonchev–Trinajstić information content (AvgIpc) is 2.79. The number of fused-ring (bicyclic) bond motifs is 1. The molecule has 1 aliphatic rings. The molecular formula is C27H33N3O2. The fraction of sp³-hybridized carbons (Fsp3) is 0.444. The number of nitrogens with zero attached hydrogens (tertiary/aromatic N) is 2. The quantitative estimate of drug-likeness (QED) is 0.467. The molecule has 5 nitrogen and oxygen atoms in total. The van der Waals surface area contributed by atoms with Gasteiger partial charge in [-0.1, -0.05) is 35.9 Å². The lowest BCUT2D eigenvalue weighted by Crippen LogP contribution is -2.23. The minimum absolute atomic E-state index is 0.0371. The molecule has 1 aromatic heterocycles. The second-order valence-corrected chi connectivity index (χ2v) is 8.98. The van der Waals surface area contributed by atoms with Crippen LogP contribution in [0.1, 0.15) is 74.0 Å². The van der Waals surface area contributed by atoms with Crippen LogP contribution in [0.25, 0.3) is 10.9 Å². The number of hydrogen-bond acceptors (Lipinski definition) is 5. The van der Waals surface area contributed by atoms with Gasteiger partial charge in [-0.15, -0.1) is 0 Å². The van der Waals surface area contributed by atoms with E-state index in [2.05, 4.69) is 66.6 Å². The summed E-state index contributed by atoms with van der Waals surface area (Å²) >= 11 is 0. The zero-order valence-corrected chi connectivity index (χ0v) is 19.5. The Bertz CT molecular complexity index is 1100. The van der Waals surface area contributed by atoms with Crippen LogP contribution in [0.4, 0.5) is 5.82 Å². The van der Waals surface area contributed by atoms with Gasteiger partial charge in [-0.25, -0.2) is 9.97 Å². The van der Waals surface area contributed by atoms with Crippen molar-refractivity contribution in [1.29, 1.82) is 0 Å². The summed E-state index contributed by atoms with van der Waals surface area (Å²) in [6.45, 7) is 8.54. The molecule has 1 saturated carbocycles. The van der Waals surface area contributed by atoms with Crippen LogP contribution in [0.3, 0.4) is 0 Å². The third-order valence-corrected chi connectivity index (χ3v) is 6.55. The molecule has 3 aromatic rings. The molecule has 1 fully saturated rings. The third kappa shape index (κ3) is 4.93. The van der Waals surface area contributed by atoms with Crippen LogP contribution in [0.5, 0.6) is 0 Å². The Morgan fingerprint density at radius 1 is 1.09 bits per heavy atom. The van der Waals surface area contributed by atoms with Gasteiger partial charge in [0.05, 0.1) is 18.0 Å². The maximum atomic E-state index is 12.1. The minimum atomic E-state index is -0.0371. The maximum absolute atomic E-state index is 12.1. The lowest BCUT2D eigenvalue weighted by atomic mass is 9.78. The Morgan fingerprint density at radius 2 is 1.88 bits per heavy atom. The highest BCUT2D eigenvalue weighted by atomic mass is 16.5. The number of aryl methyl sites for hydroxylation is 2. The second kappa shape index (κ2) is 9.68. The van der Waals surface area contributed by atoms with Crippen molar-refractivity contribution in [2.75, 3.05) is 11.9 Å². The number of carbonyl (C=O) groups is 1. The molecule has 1 N–H and O–H groups in total. The van der Waals surface area contributed by atoms with Crippen molar-refractivity contribution in [2.45, 2.75) is 65.3 Å². The van der Waals surface area contributed by atoms with Crippen LogP contribution in [0, 0.1) is 19.8 Å². The minimum Gasteiger partial charge on any atom is -0.466 e. The van der Waals surface area contributed by atoms with Crippen LogP contribution in [-0.2, 0) is 9.53 Å². The van der Waals surface area contributed by atoms with E-state index in [0.717, 1.165) is 48.2 Å². The Balaban J connectivity index is 1.57. The van der Waals surface area contributed by atoms with Gasteiger partial charge < -0.3 is 10.1 Å². The van der Waals surface area contributed by atoms with E-state index in [1.54, 1.807) is 0 Å². The summed E-state index contributed by atoms with van der Waals surface area (Å²) < 4.78 is 5.22. The van der Waals surface area contributed by atoms with Crippen LogP contribution in [-0.4, -0.2) is 22.5 Å². The first-order valence-corrected chi connectivity index (χ1v) is 11.7. The molecule has 0 bridgehead atoms. The van der Waals surface area contributed by atoms with E-state index in [-0.39, 0.29) is 17.9 Å². The Labute approximate surface area is 190 Å². The highest BCUT2D eigenvalue weighted by Crippen LogP contribution is 2.38. The molecule has 2 aromatic carbocycles. The zero-order chi connectivity index (χ0) is 22.7. The molecule has 5 heteroatoms. The molecule has 1 aliphatic carbocycles. The van der Waals surface area contributed by atoms with Crippen molar-refractivity contribution in [3.8, 4) is 0 Å². The standard InChI is InChI=1S/C27H33N3O2/c1-5-32-27(31)21-11-9-20(10-12-21)23-13-14-25-24(16-23)26(30-19(4)29-25)28-18(3)22-8-6-7-17(2)15-22/h6-8,13-16,18,20-21H,5,9-12H2,1-4H3,(H,28,29,30)/t18-,20?,21?/m0/s1. The highest BCUT2D eigenvalue weighted by Gasteiger charge is 2.28. The maximum Gasteiger partial charge on any atom is 0.308 e. The van der Waals surface area contributed by atoms with Crippen molar-refractivity contribution in [2.24, 2.45) is 5.92 Å². The largest absolute Gasteiger partial charge is 0.466 e. The smallest absolute Gasteiger partial charge is 0.308 e. The second-order valence-electron chi connectivity index (χ2n) is 8.98. The highest BCUT2D eigenvalue weighted by molar-refractivity contribution is 5.90. The first kappa shape index (κ1) is 22.3. The van der Waals surface area contributed by atoms with E-state index in [1.165, 1.54) is 16.7 Å². The molecule has 1 atom stereocenters. The number of aromatic nitrogens is 2. The predicted octanol–water partition coefficient (Wildman–Crippen LogP) is 6.26. The summed E-state index contributed by atoms with van der Waals surface area (Å²) in [5.74, 6) is 2.10. The SMILES string of the molecule is CCOC(=O)C1CCC(c2ccc3nc(C)nc(N[C@@H](C)c4cccc(C)c4)c3c2)CC1. The van der Waals surface area contributed by atoms with Gasteiger partial charge >= 0.3 is 5.97 Å². The predicted molar refractivity (Wildman–Crippen MR) is 129 cm³/mol. The van der Waals surface area contributed by atoms with Crippen LogP contribution in [0.15, 0.2) is 42.5 Å². The van der Waals surface area contributed by atoms with Crippen LogP contribution in [0.2, 0.25) is 0 Å². The zero-order valence-electron chi connectivity index (χ0n) is 19.5. The Kier molecular flexibility index (Phi) is 6.73. The van der Waals surface area contributed by atoms with Gasteiger partial charge in [-0.3, -0.25) is 4.79 Å². The number of hydrogen-bond donors (Lipinski definition) is 1. The van der Waals surface area contributed by atoms with E-state index in [4.69, 9.17) is 9.72 Å². The van der Waals surface area contributed by atoms with E-state index in [1.807, 2.05) is 13.8 Å². The molecule has 0 amide bonds. The van der Waals surface area contributed by atoms with E-state index >= 15 is 0 Å². The van der Waals surface area contributed by atoms with Crippen molar-refractivity contribution in [3.05, 3.63) is 65.0 Å². The Hall–Kier alpha value is -2.95. The monoisotopic (exact) mass is 431 g/mol. The molecule has 4 rings (SSSR count). The van der Waals surface area contributed by atoms with Gasteiger partial charge in [0.25, 0.3) is 0 Å². The Morgan fingerprint density at radius 3 is 2.59 bits per heavy atom. The van der Waals surface area contributed by atoms with E-state index in [9.17, 15) is 4.79 Å². The normalized spacial score (nSPS) is 19.5. The van der Waals surface area contributed by atoms with Crippen molar-refractivity contribution in [1.82, 2.24) is 9.97 Å². The van der Waals surface area contributed by atoms with E-state index in [0.29, 0.717) is 12.5 Å². The van der Waals surface area contributed by atoms with Crippen LogP contribution < -0.4 is 5.32 Å². The van der Waals surface area contributed by atoms with Crippen molar-refractivity contribution < 1.29 is 9.53 Å². The van der Waals surface area contributed by atoms with Gasteiger partial charge in [0.1, 0.15) is 11.6 Å². The number of anilines is 1. The summed E-state index contributed by atoms with van der Waals surface area (Å²) in [4.78, 5) is 21.5. The summed E-state index contributed by atoms with van der Waals surface area (Å²) in [6.07, 6.45) is 3.79. The summed E-state index contributed by atoms with van der Waals surface area (Å²) in [6, 6.07) is 15.2. The fourth-order valence-corrected chi connectivity index (χ4v) is 4.78. The van der Waals surface area contributed by atoms with Crippen molar-refractivity contribution >= 4 is 22.7 Å². The number of ether oxygens (including phenoxy) is 1. The summed E-state index contributed by atoms with van der Waals surface area (Å²) in [5, 5.41) is 4.68. The van der Waals surface area contributed by atoms with Gasteiger partial charge in [0, 0.05) is 11.4 Å². The third-order valence-electron chi connectivity index (χ3n) is 6.55. The van der Waals surface area contributed by atoms with Crippen molar-refractivity contribution in [3.63, 3.8) is 0 Å². The molecular weight excluding hydrogens is 398 g/mol. The average molecular weight is 432 g/mol. The first-order chi connectivity index (χ1) is 15.4. The number of esters is 1. The number of nitrogens with one attached hydrogen (secondary N) is 1. The summed E-state index contributed by atoms with van der Waals surface area (Å²) in [5.41, 5.74) is 4.75. The van der Waals surface area contributed by atoms with Gasteiger partial charge in [-0.05, 0) is 82.6 Å². The van der Waals surface area contributed by atoms with E-state index < -0.39 is 0 Å². The molecule has 32 heavy (non-hydrogen) atoms. The topological polar surface area (TPSA) is 64.1 Å². The van der Waals surface area contributed by atoms with Crippen LogP contribution >= 0.6 is 0 Å². The first-order valence-electron chi connectivity index (χ1n) is 11.7. The van der Waals surface area contributed by atoms with Gasteiger partial charge in [0.15, 0.2) is 0 Å².